The minimum atomic E-state index is -0.134. The van der Waals surface area contributed by atoms with E-state index >= 15 is 0 Å². The Morgan fingerprint density at radius 3 is 2.83 bits per heavy atom. The van der Waals surface area contributed by atoms with Gasteiger partial charge in [-0.25, -0.2) is 0 Å². The summed E-state index contributed by atoms with van der Waals surface area (Å²) in [6.07, 6.45) is 1.63. The van der Waals surface area contributed by atoms with Crippen molar-refractivity contribution in [3.8, 4) is 0 Å². The average Bonchev–Trinajstić information content (AvgIpc) is 3.12. The number of rotatable bonds is 6. The number of halogens is 1. The highest BCUT2D eigenvalue weighted by Crippen LogP contribution is 2.23. The van der Waals surface area contributed by atoms with Crippen molar-refractivity contribution in [2.24, 2.45) is 0 Å². The van der Waals surface area contributed by atoms with Crippen LogP contribution in [0.15, 0.2) is 51.6 Å². The normalized spacial score (nSPS) is 11.0. The lowest BCUT2D eigenvalue weighted by molar-refractivity contribution is 0.0928. The quantitative estimate of drug-likeness (QED) is 0.670. The van der Waals surface area contributed by atoms with Gasteiger partial charge in [-0.2, -0.15) is 0 Å². The minimum absolute atomic E-state index is 0.134. The van der Waals surface area contributed by atoms with Gasteiger partial charge in [-0.1, -0.05) is 28.1 Å². The van der Waals surface area contributed by atoms with Crippen molar-refractivity contribution >= 4 is 32.9 Å². The third-order valence-corrected chi connectivity index (χ3v) is 4.13. The average molecular weight is 377 g/mol. The highest BCUT2D eigenvalue weighted by atomic mass is 79.9. The number of carbonyl (C=O) groups is 1. The summed E-state index contributed by atoms with van der Waals surface area (Å²) >= 11 is 3.43. The zero-order valence-electron chi connectivity index (χ0n) is 12.7. The predicted molar refractivity (Wildman–Crippen MR) is 91.7 cm³/mol. The van der Waals surface area contributed by atoms with E-state index in [2.05, 4.69) is 21.2 Å². The fourth-order valence-corrected chi connectivity index (χ4v) is 2.73. The molecule has 0 radical (unpaired) electrons. The number of nitrogens with one attached hydrogen (secondary N) is 1. The number of aromatic nitrogens is 1. The summed E-state index contributed by atoms with van der Waals surface area (Å²) in [5.74, 6) is -0.134. The van der Waals surface area contributed by atoms with Crippen molar-refractivity contribution in [2.75, 3.05) is 20.3 Å². The van der Waals surface area contributed by atoms with Crippen LogP contribution >= 0.6 is 15.9 Å². The number of hydrogen-bond acceptors (Lipinski definition) is 3. The molecule has 0 saturated heterocycles. The summed E-state index contributed by atoms with van der Waals surface area (Å²) in [7, 11) is 1.61. The number of ether oxygens (including phenoxy) is 1. The van der Waals surface area contributed by atoms with E-state index in [0.29, 0.717) is 31.0 Å². The topological polar surface area (TPSA) is 56.4 Å². The maximum absolute atomic E-state index is 12.4. The van der Waals surface area contributed by atoms with Crippen LogP contribution in [0.2, 0.25) is 0 Å². The summed E-state index contributed by atoms with van der Waals surface area (Å²) in [5.41, 5.74) is 3.31. The van der Waals surface area contributed by atoms with Gasteiger partial charge < -0.3 is 19.0 Å². The number of carbonyl (C=O) groups excluding carboxylic acids is 1. The van der Waals surface area contributed by atoms with Crippen molar-refractivity contribution in [2.45, 2.75) is 6.54 Å². The largest absolute Gasteiger partial charge is 0.463 e. The molecule has 1 aromatic carbocycles. The SMILES string of the molecule is COCCNC(=O)c1cc2occc2n1Cc1ccc(Br)cc1. The van der Waals surface area contributed by atoms with Crippen LogP contribution in [0.5, 0.6) is 0 Å². The first kappa shape index (κ1) is 15.8. The van der Waals surface area contributed by atoms with E-state index in [9.17, 15) is 4.79 Å². The Morgan fingerprint density at radius 2 is 2.09 bits per heavy atom. The first-order valence-electron chi connectivity index (χ1n) is 7.27. The molecule has 2 heterocycles. The van der Waals surface area contributed by atoms with Gasteiger partial charge in [0.05, 0.1) is 18.4 Å². The van der Waals surface area contributed by atoms with Gasteiger partial charge in [0.25, 0.3) is 5.91 Å². The van der Waals surface area contributed by atoms with Crippen LogP contribution in [-0.2, 0) is 11.3 Å². The number of hydrogen-bond donors (Lipinski definition) is 1. The molecule has 0 unspecified atom stereocenters. The maximum atomic E-state index is 12.4. The fourth-order valence-electron chi connectivity index (χ4n) is 2.47. The first-order chi connectivity index (χ1) is 11.2. The van der Waals surface area contributed by atoms with Crippen molar-refractivity contribution in [1.82, 2.24) is 9.88 Å². The van der Waals surface area contributed by atoms with Gasteiger partial charge in [0.2, 0.25) is 0 Å². The number of methoxy groups -OCH3 is 1. The monoisotopic (exact) mass is 376 g/mol. The Bertz CT molecular complexity index is 805. The molecule has 0 aliphatic carbocycles. The van der Waals surface area contributed by atoms with Gasteiger partial charge >= 0.3 is 0 Å². The van der Waals surface area contributed by atoms with Gasteiger partial charge in [0.15, 0.2) is 5.58 Å². The molecule has 5 nitrogen and oxygen atoms in total. The fraction of sp³-hybridized carbons (Fsp3) is 0.235. The molecule has 2 aromatic heterocycles. The molecule has 3 aromatic rings. The first-order valence-corrected chi connectivity index (χ1v) is 8.06. The van der Waals surface area contributed by atoms with Gasteiger partial charge in [0, 0.05) is 36.8 Å². The Morgan fingerprint density at radius 1 is 1.30 bits per heavy atom. The zero-order chi connectivity index (χ0) is 16.2. The van der Waals surface area contributed by atoms with Crippen LogP contribution in [0.25, 0.3) is 11.1 Å². The van der Waals surface area contributed by atoms with Gasteiger partial charge in [-0.3, -0.25) is 4.79 Å². The molecule has 23 heavy (non-hydrogen) atoms. The number of amides is 1. The molecule has 0 atom stereocenters. The molecular formula is C17H17BrN2O3. The van der Waals surface area contributed by atoms with Crippen molar-refractivity contribution in [3.63, 3.8) is 0 Å². The van der Waals surface area contributed by atoms with E-state index in [-0.39, 0.29) is 5.91 Å². The molecule has 0 spiro atoms. The molecule has 1 N–H and O–H groups in total. The van der Waals surface area contributed by atoms with Crippen LogP contribution < -0.4 is 5.32 Å². The number of nitrogens with zero attached hydrogens (tertiary/aromatic N) is 1. The molecule has 0 aliphatic heterocycles. The molecule has 0 saturated carbocycles. The second-order valence-electron chi connectivity index (χ2n) is 5.16. The lowest BCUT2D eigenvalue weighted by Gasteiger charge is -2.10. The third kappa shape index (κ3) is 3.48. The lowest BCUT2D eigenvalue weighted by Crippen LogP contribution is -2.29. The maximum Gasteiger partial charge on any atom is 0.268 e. The summed E-state index contributed by atoms with van der Waals surface area (Å²) in [4.78, 5) is 12.4. The molecule has 120 valence electrons. The smallest absolute Gasteiger partial charge is 0.268 e. The Kier molecular flexibility index (Phi) is 4.83. The highest BCUT2D eigenvalue weighted by molar-refractivity contribution is 9.10. The van der Waals surface area contributed by atoms with Crippen LogP contribution in [0, 0.1) is 0 Å². The molecular weight excluding hydrogens is 360 g/mol. The van der Waals surface area contributed by atoms with E-state index in [1.807, 2.05) is 34.9 Å². The van der Waals surface area contributed by atoms with Crippen LogP contribution in [0.1, 0.15) is 16.1 Å². The van der Waals surface area contributed by atoms with E-state index < -0.39 is 0 Å². The Hall–Kier alpha value is -2.05. The standard InChI is InChI=1S/C17H17BrN2O3/c1-22-9-7-19-17(21)15-10-16-14(6-8-23-16)20(15)11-12-2-4-13(18)5-3-12/h2-6,8,10H,7,9,11H2,1H3,(H,19,21). The summed E-state index contributed by atoms with van der Waals surface area (Å²) in [6, 6.07) is 11.7. The molecule has 1 amide bonds. The highest BCUT2D eigenvalue weighted by Gasteiger charge is 2.17. The van der Waals surface area contributed by atoms with Gasteiger partial charge in [0.1, 0.15) is 5.69 Å². The van der Waals surface area contributed by atoms with Crippen molar-refractivity contribution in [1.29, 1.82) is 0 Å². The second-order valence-corrected chi connectivity index (χ2v) is 6.08. The van der Waals surface area contributed by atoms with E-state index in [1.54, 1.807) is 19.4 Å². The predicted octanol–water partition coefficient (Wildman–Crippen LogP) is 3.42. The van der Waals surface area contributed by atoms with E-state index in [4.69, 9.17) is 9.15 Å². The molecule has 3 rings (SSSR count). The Labute approximate surface area is 142 Å². The molecule has 0 bridgehead atoms. The molecule has 0 fully saturated rings. The number of fused-ring (bicyclic) bond motifs is 1. The van der Waals surface area contributed by atoms with Gasteiger partial charge in [-0.05, 0) is 17.7 Å². The van der Waals surface area contributed by atoms with Crippen molar-refractivity contribution < 1.29 is 13.9 Å². The minimum Gasteiger partial charge on any atom is -0.463 e. The molecule has 6 heteroatoms. The number of benzene rings is 1. The third-order valence-electron chi connectivity index (χ3n) is 3.60. The molecule has 0 aliphatic rings. The second kappa shape index (κ2) is 7.02. The zero-order valence-corrected chi connectivity index (χ0v) is 14.3. The summed E-state index contributed by atoms with van der Waals surface area (Å²) in [6.45, 7) is 1.55. The van der Waals surface area contributed by atoms with Crippen LogP contribution in [0.3, 0.4) is 0 Å². The van der Waals surface area contributed by atoms with E-state index in [1.165, 1.54) is 0 Å². The summed E-state index contributed by atoms with van der Waals surface area (Å²) in [5, 5.41) is 2.85. The Balaban J connectivity index is 1.90. The van der Waals surface area contributed by atoms with Gasteiger partial charge in [-0.15, -0.1) is 0 Å². The number of furan rings is 1. The van der Waals surface area contributed by atoms with Crippen LogP contribution in [-0.4, -0.2) is 30.7 Å². The van der Waals surface area contributed by atoms with Crippen LogP contribution in [0.4, 0.5) is 0 Å². The summed E-state index contributed by atoms with van der Waals surface area (Å²) < 4.78 is 13.4. The lowest BCUT2D eigenvalue weighted by atomic mass is 10.2. The van der Waals surface area contributed by atoms with Crippen molar-refractivity contribution in [3.05, 3.63) is 58.4 Å². The van der Waals surface area contributed by atoms with E-state index in [0.717, 1.165) is 15.6 Å².